The topological polar surface area (TPSA) is 96.0 Å². The van der Waals surface area contributed by atoms with Crippen molar-refractivity contribution in [2.75, 3.05) is 30.5 Å². The first-order valence-electron chi connectivity index (χ1n) is 13.5. The molecule has 0 saturated carbocycles. The molecule has 3 aromatic rings. The lowest BCUT2D eigenvalue weighted by Crippen LogP contribution is -2.52. The molecular formula is C31H39N3O5S. The molecule has 2 amide bonds. The predicted molar refractivity (Wildman–Crippen MR) is 158 cm³/mol. The maximum Gasteiger partial charge on any atom is 0.264 e. The molecule has 8 nitrogen and oxygen atoms in total. The zero-order valence-electron chi connectivity index (χ0n) is 23.6. The Balaban J connectivity index is 1.95. The van der Waals surface area contributed by atoms with E-state index in [1.54, 1.807) is 49.4 Å². The van der Waals surface area contributed by atoms with Gasteiger partial charge in [-0.25, -0.2) is 8.42 Å². The van der Waals surface area contributed by atoms with Crippen LogP contribution in [0, 0.1) is 5.92 Å². The number of benzene rings is 3. The van der Waals surface area contributed by atoms with Crippen LogP contribution >= 0.6 is 0 Å². The van der Waals surface area contributed by atoms with Crippen LogP contribution < -0.4 is 14.4 Å². The lowest BCUT2D eigenvalue weighted by atomic mass is 10.1. The molecule has 0 bridgehead atoms. The average molecular weight is 566 g/mol. The molecule has 0 aliphatic heterocycles. The van der Waals surface area contributed by atoms with Crippen molar-refractivity contribution in [1.82, 2.24) is 10.2 Å². The maximum absolute atomic E-state index is 13.9. The third-order valence-electron chi connectivity index (χ3n) is 6.38. The van der Waals surface area contributed by atoms with Crippen LogP contribution in [0.25, 0.3) is 0 Å². The molecule has 3 rings (SSSR count). The highest BCUT2D eigenvalue weighted by atomic mass is 32.2. The quantitative estimate of drug-likeness (QED) is 0.310. The Morgan fingerprint density at radius 2 is 1.48 bits per heavy atom. The standard InChI is InChI=1S/C31H39N3O5S/c1-5-39-28-18-16-27(17-19-28)34(40(37,38)29-14-10-7-11-15-29)23-30(35)33(21-20-26-12-8-6-9-13-26)25(4)31(36)32-22-24(2)3/h6-19,24-25H,5,20-23H2,1-4H3,(H,32,36)/t25-/m0/s1. The number of hydrogen-bond acceptors (Lipinski definition) is 5. The largest absolute Gasteiger partial charge is 0.494 e. The molecule has 0 unspecified atom stereocenters. The second-order valence-electron chi connectivity index (χ2n) is 9.89. The van der Waals surface area contributed by atoms with Crippen molar-refractivity contribution in [2.24, 2.45) is 5.92 Å². The monoisotopic (exact) mass is 565 g/mol. The Bertz CT molecular complexity index is 1330. The Morgan fingerprint density at radius 3 is 2.05 bits per heavy atom. The molecule has 1 atom stereocenters. The summed E-state index contributed by atoms with van der Waals surface area (Å²) in [5.74, 6) is 0.0792. The van der Waals surface area contributed by atoms with Crippen molar-refractivity contribution < 1.29 is 22.7 Å². The van der Waals surface area contributed by atoms with Crippen LogP contribution in [-0.4, -0.2) is 57.4 Å². The van der Waals surface area contributed by atoms with Crippen LogP contribution in [0.15, 0.2) is 89.8 Å². The number of nitrogens with zero attached hydrogens (tertiary/aromatic N) is 2. The van der Waals surface area contributed by atoms with Gasteiger partial charge in [0.1, 0.15) is 18.3 Å². The number of carbonyl (C=O) groups excluding carboxylic acids is 2. The number of hydrogen-bond donors (Lipinski definition) is 1. The van der Waals surface area contributed by atoms with Gasteiger partial charge in [-0.1, -0.05) is 62.4 Å². The van der Waals surface area contributed by atoms with Crippen molar-refractivity contribution in [3.8, 4) is 5.75 Å². The SMILES string of the molecule is CCOc1ccc(N(CC(=O)N(CCc2ccccc2)[C@@H](C)C(=O)NCC(C)C)S(=O)(=O)c2ccccc2)cc1. The summed E-state index contributed by atoms with van der Waals surface area (Å²) in [5, 5.41) is 2.90. The third kappa shape index (κ3) is 8.32. The second kappa shape index (κ2) is 14.5. The summed E-state index contributed by atoms with van der Waals surface area (Å²) in [6, 6.07) is 23.4. The Morgan fingerprint density at radius 1 is 0.875 bits per heavy atom. The molecule has 0 spiro atoms. The van der Waals surface area contributed by atoms with Gasteiger partial charge < -0.3 is 15.0 Å². The van der Waals surface area contributed by atoms with Crippen LogP contribution in [0.5, 0.6) is 5.75 Å². The molecule has 0 aliphatic carbocycles. The molecule has 214 valence electrons. The first kappa shape index (κ1) is 30.7. The zero-order valence-corrected chi connectivity index (χ0v) is 24.4. The Hall–Kier alpha value is -3.85. The molecule has 40 heavy (non-hydrogen) atoms. The minimum atomic E-state index is -4.10. The van der Waals surface area contributed by atoms with Gasteiger partial charge in [-0.05, 0) is 68.1 Å². The van der Waals surface area contributed by atoms with E-state index in [4.69, 9.17) is 4.74 Å². The van der Waals surface area contributed by atoms with Crippen molar-refractivity contribution in [3.63, 3.8) is 0 Å². The first-order valence-corrected chi connectivity index (χ1v) is 15.0. The summed E-state index contributed by atoms with van der Waals surface area (Å²) in [6.45, 7) is 8.25. The van der Waals surface area contributed by atoms with Gasteiger partial charge in [0, 0.05) is 13.1 Å². The smallest absolute Gasteiger partial charge is 0.264 e. The van der Waals surface area contributed by atoms with E-state index in [2.05, 4.69) is 5.32 Å². The minimum absolute atomic E-state index is 0.0650. The van der Waals surface area contributed by atoms with Gasteiger partial charge in [-0.15, -0.1) is 0 Å². The van der Waals surface area contributed by atoms with Gasteiger partial charge in [-0.2, -0.15) is 0 Å². The maximum atomic E-state index is 13.9. The van der Waals surface area contributed by atoms with Gasteiger partial charge in [0.2, 0.25) is 11.8 Å². The molecule has 0 aliphatic rings. The van der Waals surface area contributed by atoms with Crippen molar-refractivity contribution in [1.29, 1.82) is 0 Å². The van der Waals surface area contributed by atoms with Gasteiger partial charge in [0.25, 0.3) is 10.0 Å². The molecule has 3 aromatic carbocycles. The summed E-state index contributed by atoms with van der Waals surface area (Å²) in [7, 11) is -4.10. The molecule has 1 N–H and O–H groups in total. The van der Waals surface area contributed by atoms with Crippen LogP contribution in [0.4, 0.5) is 5.69 Å². The number of sulfonamides is 1. The van der Waals surface area contributed by atoms with E-state index in [1.165, 1.54) is 17.0 Å². The summed E-state index contributed by atoms with van der Waals surface area (Å²) in [6.07, 6.45) is 0.517. The fourth-order valence-corrected chi connectivity index (χ4v) is 5.58. The Labute approximate surface area is 238 Å². The number of carbonyl (C=O) groups is 2. The van der Waals surface area contributed by atoms with Gasteiger partial charge >= 0.3 is 0 Å². The van der Waals surface area contributed by atoms with Crippen molar-refractivity contribution >= 4 is 27.5 Å². The van der Waals surface area contributed by atoms with E-state index < -0.39 is 28.5 Å². The molecule has 0 saturated heterocycles. The number of rotatable bonds is 14. The molecular weight excluding hydrogens is 526 g/mol. The van der Waals surface area contributed by atoms with Crippen LogP contribution in [-0.2, 0) is 26.0 Å². The second-order valence-corrected chi connectivity index (χ2v) is 11.8. The number of nitrogens with one attached hydrogen (secondary N) is 1. The van der Waals surface area contributed by atoms with E-state index in [0.717, 1.165) is 9.87 Å². The zero-order chi connectivity index (χ0) is 29.1. The number of anilines is 1. The Kier molecular flexibility index (Phi) is 11.1. The van der Waals surface area contributed by atoms with Crippen molar-refractivity contribution in [3.05, 3.63) is 90.5 Å². The van der Waals surface area contributed by atoms with E-state index >= 15 is 0 Å². The highest BCUT2D eigenvalue weighted by Gasteiger charge is 2.32. The summed E-state index contributed by atoms with van der Waals surface area (Å²) in [5.41, 5.74) is 1.33. The van der Waals surface area contributed by atoms with E-state index in [0.29, 0.717) is 31.0 Å². The normalized spacial score (nSPS) is 12.0. The fraction of sp³-hybridized carbons (Fsp3) is 0.355. The molecule has 0 aromatic heterocycles. The van der Waals surface area contributed by atoms with E-state index in [9.17, 15) is 18.0 Å². The first-order chi connectivity index (χ1) is 19.1. The van der Waals surface area contributed by atoms with Crippen LogP contribution in [0.2, 0.25) is 0 Å². The molecule has 9 heteroatoms. The van der Waals surface area contributed by atoms with Crippen molar-refractivity contribution in [2.45, 2.75) is 45.1 Å². The summed E-state index contributed by atoms with van der Waals surface area (Å²) in [4.78, 5) is 28.5. The molecule has 0 heterocycles. The number of amides is 2. The van der Waals surface area contributed by atoms with E-state index in [-0.39, 0.29) is 23.3 Å². The lowest BCUT2D eigenvalue weighted by Gasteiger charge is -2.32. The minimum Gasteiger partial charge on any atom is -0.494 e. The highest BCUT2D eigenvalue weighted by Crippen LogP contribution is 2.26. The third-order valence-corrected chi connectivity index (χ3v) is 8.17. The molecule has 0 fully saturated rings. The van der Waals surface area contributed by atoms with E-state index in [1.807, 2.05) is 51.1 Å². The predicted octanol–water partition coefficient (Wildman–Crippen LogP) is 4.51. The lowest BCUT2D eigenvalue weighted by molar-refractivity contribution is -0.138. The number of ether oxygens (including phenoxy) is 1. The average Bonchev–Trinajstić information content (AvgIpc) is 2.96. The molecule has 0 radical (unpaired) electrons. The van der Waals surface area contributed by atoms with Gasteiger partial charge in [-0.3, -0.25) is 13.9 Å². The van der Waals surface area contributed by atoms with Crippen LogP contribution in [0.1, 0.15) is 33.3 Å². The van der Waals surface area contributed by atoms with Crippen LogP contribution in [0.3, 0.4) is 0 Å². The summed E-state index contributed by atoms with van der Waals surface area (Å²) < 4.78 is 34.2. The summed E-state index contributed by atoms with van der Waals surface area (Å²) >= 11 is 0. The fourth-order valence-electron chi connectivity index (χ4n) is 4.15. The van der Waals surface area contributed by atoms with Gasteiger partial charge in [0.05, 0.1) is 17.2 Å². The highest BCUT2D eigenvalue weighted by molar-refractivity contribution is 7.92. The van der Waals surface area contributed by atoms with Gasteiger partial charge in [0.15, 0.2) is 0 Å².